The maximum atomic E-state index is 13.5. The van der Waals surface area contributed by atoms with E-state index in [1.54, 1.807) is 36.4 Å². The Bertz CT molecular complexity index is 1550. The molecule has 0 spiro atoms. The lowest BCUT2D eigenvalue weighted by Crippen LogP contribution is -2.51. The molecule has 1 aliphatic heterocycles. The van der Waals surface area contributed by atoms with Crippen LogP contribution < -0.4 is 19.1 Å². The van der Waals surface area contributed by atoms with Crippen molar-refractivity contribution in [3.63, 3.8) is 0 Å². The van der Waals surface area contributed by atoms with Gasteiger partial charge in [0.15, 0.2) is 6.10 Å². The Morgan fingerprint density at radius 3 is 2.46 bits per heavy atom. The second-order valence-corrected chi connectivity index (χ2v) is 10.9. The molecule has 4 aromatic rings. The highest BCUT2D eigenvalue weighted by atomic mass is 32.2. The third-order valence-electron chi connectivity index (χ3n) is 6.28. The minimum atomic E-state index is -3.90. The summed E-state index contributed by atoms with van der Waals surface area (Å²) in [6, 6.07) is 25.8. The third kappa shape index (κ3) is 5.24. The molecule has 0 radical (unpaired) electrons. The molecule has 1 aliphatic rings. The number of anilines is 1. The monoisotopic (exact) mass is 516 g/mol. The first-order valence-electron chi connectivity index (χ1n) is 12.1. The van der Waals surface area contributed by atoms with Crippen molar-refractivity contribution < 1.29 is 22.7 Å². The molecule has 1 atom stereocenters. The van der Waals surface area contributed by atoms with Gasteiger partial charge in [0.1, 0.15) is 18.1 Å². The van der Waals surface area contributed by atoms with Crippen LogP contribution in [0.1, 0.15) is 11.1 Å². The van der Waals surface area contributed by atoms with E-state index < -0.39 is 22.0 Å². The Balaban J connectivity index is 1.28. The highest BCUT2D eigenvalue weighted by molar-refractivity contribution is 7.92. The van der Waals surface area contributed by atoms with E-state index in [9.17, 15) is 13.2 Å². The van der Waals surface area contributed by atoms with E-state index in [1.807, 2.05) is 62.4 Å². The summed E-state index contributed by atoms with van der Waals surface area (Å²) in [6.45, 7) is 4.15. The number of carbonyl (C=O) groups excluding carboxylic acids is 1. The van der Waals surface area contributed by atoms with Crippen LogP contribution in [0.5, 0.6) is 11.5 Å². The van der Waals surface area contributed by atoms with Crippen LogP contribution in [-0.2, 0) is 14.8 Å². The van der Waals surface area contributed by atoms with Gasteiger partial charge in [-0.05, 0) is 66.6 Å². The summed E-state index contributed by atoms with van der Waals surface area (Å²) >= 11 is 0. The molecule has 5 rings (SSSR count). The third-order valence-corrected chi connectivity index (χ3v) is 8.07. The van der Waals surface area contributed by atoms with Gasteiger partial charge in [-0.2, -0.15) is 0 Å². The summed E-state index contributed by atoms with van der Waals surface area (Å²) in [4.78, 5) is 13.2. The van der Waals surface area contributed by atoms with Crippen LogP contribution in [0.25, 0.3) is 10.8 Å². The molecule has 37 heavy (non-hydrogen) atoms. The van der Waals surface area contributed by atoms with Crippen LogP contribution in [0.4, 0.5) is 5.69 Å². The van der Waals surface area contributed by atoms with E-state index >= 15 is 0 Å². The number of amides is 1. The van der Waals surface area contributed by atoms with Crippen molar-refractivity contribution in [1.82, 2.24) is 5.32 Å². The zero-order chi connectivity index (χ0) is 26.0. The van der Waals surface area contributed by atoms with Crippen molar-refractivity contribution in [2.24, 2.45) is 0 Å². The first kappa shape index (κ1) is 24.6. The van der Waals surface area contributed by atoms with Crippen LogP contribution in [-0.4, -0.2) is 40.1 Å². The maximum absolute atomic E-state index is 13.5. The summed E-state index contributed by atoms with van der Waals surface area (Å²) in [6.07, 6.45) is -1.00. The van der Waals surface area contributed by atoms with Gasteiger partial charge in [-0.1, -0.05) is 54.1 Å². The van der Waals surface area contributed by atoms with E-state index in [0.29, 0.717) is 17.2 Å². The van der Waals surface area contributed by atoms with E-state index in [2.05, 4.69) is 5.32 Å². The molecule has 0 aromatic heterocycles. The molecule has 1 N–H and O–H groups in total. The van der Waals surface area contributed by atoms with Crippen LogP contribution >= 0.6 is 0 Å². The summed E-state index contributed by atoms with van der Waals surface area (Å²) in [5.41, 5.74) is 2.27. The fourth-order valence-corrected chi connectivity index (χ4v) is 5.75. The van der Waals surface area contributed by atoms with Gasteiger partial charge < -0.3 is 14.8 Å². The Labute approximate surface area is 216 Å². The van der Waals surface area contributed by atoms with E-state index in [1.165, 1.54) is 4.31 Å². The molecule has 0 saturated carbocycles. The lowest BCUT2D eigenvalue weighted by atomic mass is 10.1. The fourth-order valence-electron chi connectivity index (χ4n) is 4.28. The van der Waals surface area contributed by atoms with Gasteiger partial charge in [-0.15, -0.1) is 0 Å². The number of hydrogen-bond acceptors (Lipinski definition) is 5. The van der Waals surface area contributed by atoms with Crippen LogP contribution in [0.2, 0.25) is 0 Å². The standard InChI is InChI=1S/C29H28N2O5S/c1-20-7-12-25(13-8-20)37(33,34)31-19-28(36-27-17-21(2)9-14-26(27)31)29(32)30-15-16-35-24-11-10-22-5-3-4-6-23(22)18-24/h3-14,17-18,28H,15-16,19H2,1-2H3,(H,30,32)/t28-/m0/s1. The van der Waals surface area contributed by atoms with Gasteiger partial charge >= 0.3 is 0 Å². The first-order chi connectivity index (χ1) is 17.8. The summed E-state index contributed by atoms with van der Waals surface area (Å²) < 4.78 is 40.1. The number of hydrogen-bond donors (Lipinski definition) is 1. The smallest absolute Gasteiger partial charge is 0.264 e. The SMILES string of the molecule is Cc1ccc(S(=O)(=O)N2C[C@@H](C(=O)NCCOc3ccc4ccccc4c3)Oc3cc(C)ccc32)cc1. The van der Waals surface area contributed by atoms with E-state index in [-0.39, 0.29) is 24.6 Å². The van der Waals surface area contributed by atoms with Crippen molar-refractivity contribution in [2.45, 2.75) is 24.8 Å². The molecule has 0 saturated heterocycles. The predicted octanol–water partition coefficient (Wildman–Crippen LogP) is 4.61. The Morgan fingerprint density at radius 1 is 0.946 bits per heavy atom. The molecular formula is C29H28N2O5S. The Morgan fingerprint density at radius 2 is 1.68 bits per heavy atom. The Hall–Kier alpha value is -4.04. The average molecular weight is 517 g/mol. The highest BCUT2D eigenvalue weighted by Crippen LogP contribution is 2.37. The molecule has 0 aliphatic carbocycles. The van der Waals surface area contributed by atoms with Crippen LogP contribution in [0.15, 0.2) is 89.8 Å². The van der Waals surface area contributed by atoms with Gasteiger partial charge in [0.2, 0.25) is 0 Å². The zero-order valence-corrected chi connectivity index (χ0v) is 21.5. The minimum absolute atomic E-state index is 0.135. The first-order valence-corrected chi connectivity index (χ1v) is 13.5. The summed E-state index contributed by atoms with van der Waals surface area (Å²) in [7, 11) is -3.90. The predicted molar refractivity (Wildman–Crippen MR) is 144 cm³/mol. The topological polar surface area (TPSA) is 84.9 Å². The number of aryl methyl sites for hydroxylation is 2. The largest absolute Gasteiger partial charge is 0.492 e. The molecule has 1 amide bonds. The Kier molecular flexibility index (Phi) is 6.76. The molecule has 190 valence electrons. The lowest BCUT2D eigenvalue weighted by molar-refractivity contribution is -0.127. The number of carbonyl (C=O) groups is 1. The van der Waals surface area contributed by atoms with Crippen LogP contribution in [0.3, 0.4) is 0 Å². The lowest BCUT2D eigenvalue weighted by Gasteiger charge is -2.35. The quantitative estimate of drug-likeness (QED) is 0.363. The van der Waals surface area contributed by atoms with Gasteiger partial charge in [0.05, 0.1) is 23.7 Å². The molecular weight excluding hydrogens is 488 g/mol. The average Bonchev–Trinajstić information content (AvgIpc) is 2.90. The molecule has 0 bridgehead atoms. The van der Waals surface area contributed by atoms with Crippen LogP contribution in [0, 0.1) is 13.8 Å². The van der Waals surface area contributed by atoms with Gasteiger partial charge in [0.25, 0.3) is 15.9 Å². The van der Waals surface area contributed by atoms with Gasteiger partial charge in [0, 0.05) is 0 Å². The maximum Gasteiger partial charge on any atom is 0.264 e. The number of sulfonamides is 1. The summed E-state index contributed by atoms with van der Waals surface area (Å²) in [5, 5.41) is 5.01. The molecule has 0 fully saturated rings. The molecule has 0 unspecified atom stereocenters. The van der Waals surface area contributed by atoms with Gasteiger partial charge in [-0.25, -0.2) is 8.42 Å². The van der Waals surface area contributed by atoms with Crippen molar-refractivity contribution in [3.05, 3.63) is 96.1 Å². The number of benzene rings is 4. The highest BCUT2D eigenvalue weighted by Gasteiger charge is 2.37. The number of nitrogens with zero attached hydrogens (tertiary/aromatic N) is 1. The van der Waals surface area contributed by atoms with Crippen molar-refractivity contribution >= 4 is 32.4 Å². The van der Waals surface area contributed by atoms with Crippen molar-refractivity contribution in [3.8, 4) is 11.5 Å². The normalized spacial score (nSPS) is 15.1. The number of ether oxygens (including phenoxy) is 2. The van der Waals surface area contributed by atoms with Gasteiger partial charge in [-0.3, -0.25) is 9.10 Å². The second kappa shape index (κ2) is 10.1. The number of fused-ring (bicyclic) bond motifs is 2. The minimum Gasteiger partial charge on any atom is -0.492 e. The molecule has 8 heteroatoms. The van der Waals surface area contributed by atoms with E-state index in [0.717, 1.165) is 21.9 Å². The summed E-state index contributed by atoms with van der Waals surface area (Å²) in [5.74, 6) is 0.662. The number of rotatable bonds is 7. The number of nitrogens with one attached hydrogen (secondary N) is 1. The van der Waals surface area contributed by atoms with Crippen molar-refractivity contribution in [1.29, 1.82) is 0 Å². The molecule has 1 heterocycles. The fraction of sp³-hybridized carbons (Fsp3) is 0.207. The van der Waals surface area contributed by atoms with Crippen molar-refractivity contribution in [2.75, 3.05) is 24.0 Å². The zero-order valence-electron chi connectivity index (χ0n) is 20.7. The molecule has 7 nitrogen and oxygen atoms in total. The molecule has 4 aromatic carbocycles. The second-order valence-electron chi connectivity index (χ2n) is 9.08. The van der Waals surface area contributed by atoms with E-state index in [4.69, 9.17) is 9.47 Å².